The molecule has 29 heavy (non-hydrogen) atoms. The zero-order valence-electron chi connectivity index (χ0n) is 15.2. The van der Waals surface area contributed by atoms with Gasteiger partial charge in [-0.25, -0.2) is 8.78 Å². The fourth-order valence-electron chi connectivity index (χ4n) is 3.03. The number of furan rings is 1. The average molecular weight is 414 g/mol. The van der Waals surface area contributed by atoms with Crippen molar-refractivity contribution in [3.05, 3.63) is 83.3 Å². The third kappa shape index (κ3) is 4.17. The quantitative estimate of drug-likeness (QED) is 0.682. The molecule has 0 radical (unpaired) electrons. The summed E-state index contributed by atoms with van der Waals surface area (Å²) in [5, 5.41) is 2.75. The molecule has 2 heterocycles. The second kappa shape index (κ2) is 8.08. The zero-order valence-corrected chi connectivity index (χ0v) is 16.0. The van der Waals surface area contributed by atoms with Gasteiger partial charge in [0.15, 0.2) is 0 Å². The molecule has 5 nitrogen and oxygen atoms in total. The van der Waals surface area contributed by atoms with Gasteiger partial charge in [-0.1, -0.05) is 0 Å². The van der Waals surface area contributed by atoms with Crippen molar-refractivity contribution in [2.45, 2.75) is 18.0 Å². The highest BCUT2D eigenvalue weighted by Crippen LogP contribution is 2.37. The predicted octanol–water partition coefficient (Wildman–Crippen LogP) is 4.13. The van der Waals surface area contributed by atoms with Gasteiger partial charge in [0, 0.05) is 16.0 Å². The second-order valence-corrected chi connectivity index (χ2v) is 7.47. The smallest absolute Gasteiger partial charge is 0.251 e. The first-order chi connectivity index (χ1) is 14.0. The molecule has 1 aliphatic rings. The molecule has 1 aromatic heterocycles. The highest BCUT2D eigenvalue weighted by Gasteiger charge is 2.27. The fourth-order valence-corrected chi connectivity index (χ4v) is 3.95. The molecule has 3 aromatic rings. The van der Waals surface area contributed by atoms with Gasteiger partial charge in [0.2, 0.25) is 5.91 Å². The molecule has 0 atom stereocenters. The molecule has 0 unspecified atom stereocenters. The summed E-state index contributed by atoms with van der Waals surface area (Å²) in [6.07, 6.45) is 1.52. The minimum atomic E-state index is -0.591. The lowest BCUT2D eigenvalue weighted by molar-refractivity contribution is -0.116. The molecule has 148 valence electrons. The molecule has 0 bridgehead atoms. The zero-order chi connectivity index (χ0) is 20.4. The fraction of sp³-hybridized carbons (Fsp3) is 0.143. The van der Waals surface area contributed by atoms with Crippen LogP contribution in [0.15, 0.2) is 64.1 Å². The average Bonchev–Trinajstić information content (AvgIpc) is 3.24. The van der Waals surface area contributed by atoms with E-state index in [0.717, 1.165) is 23.1 Å². The van der Waals surface area contributed by atoms with Crippen LogP contribution in [0.2, 0.25) is 0 Å². The van der Waals surface area contributed by atoms with E-state index in [4.69, 9.17) is 4.42 Å². The number of hydrogen-bond donors (Lipinski definition) is 1. The molecule has 1 N–H and O–H groups in total. The van der Waals surface area contributed by atoms with E-state index in [9.17, 15) is 18.4 Å². The summed E-state index contributed by atoms with van der Waals surface area (Å²) in [7, 11) is 0. The third-order valence-corrected chi connectivity index (χ3v) is 5.55. The topological polar surface area (TPSA) is 62.6 Å². The Morgan fingerprint density at radius 1 is 1.17 bits per heavy atom. The minimum Gasteiger partial charge on any atom is -0.467 e. The van der Waals surface area contributed by atoms with Crippen molar-refractivity contribution in [3.8, 4) is 0 Å². The molecule has 0 saturated carbocycles. The van der Waals surface area contributed by atoms with Crippen LogP contribution in [0.1, 0.15) is 21.7 Å². The molecule has 0 saturated heterocycles. The lowest BCUT2D eigenvalue weighted by atomic mass is 10.1. The number of anilines is 1. The summed E-state index contributed by atoms with van der Waals surface area (Å²) >= 11 is 1.34. The molecule has 0 aliphatic carbocycles. The van der Waals surface area contributed by atoms with Crippen molar-refractivity contribution in [2.24, 2.45) is 0 Å². The van der Waals surface area contributed by atoms with Gasteiger partial charge in [0.25, 0.3) is 5.91 Å². The van der Waals surface area contributed by atoms with Gasteiger partial charge in [-0.05, 0) is 48.5 Å². The number of amides is 2. The van der Waals surface area contributed by atoms with Gasteiger partial charge < -0.3 is 14.6 Å². The Labute approximate surface area is 169 Å². The van der Waals surface area contributed by atoms with Crippen molar-refractivity contribution < 1.29 is 22.8 Å². The Balaban J connectivity index is 1.59. The maximum absolute atomic E-state index is 14.1. The minimum absolute atomic E-state index is 0.0730. The van der Waals surface area contributed by atoms with E-state index in [1.807, 2.05) is 0 Å². The Morgan fingerprint density at radius 3 is 2.83 bits per heavy atom. The van der Waals surface area contributed by atoms with Crippen molar-refractivity contribution >= 4 is 29.3 Å². The van der Waals surface area contributed by atoms with Crippen LogP contribution in [-0.2, 0) is 17.9 Å². The van der Waals surface area contributed by atoms with E-state index in [-0.39, 0.29) is 36.2 Å². The highest BCUT2D eigenvalue weighted by atomic mass is 32.2. The summed E-state index contributed by atoms with van der Waals surface area (Å²) in [5.74, 6) is -0.931. The number of rotatable bonds is 5. The number of carbonyl (C=O) groups is 2. The van der Waals surface area contributed by atoms with Crippen LogP contribution < -0.4 is 10.2 Å². The molecule has 0 spiro atoms. The monoisotopic (exact) mass is 414 g/mol. The lowest BCUT2D eigenvalue weighted by Gasteiger charge is -2.29. The van der Waals surface area contributed by atoms with Crippen LogP contribution in [0.5, 0.6) is 0 Å². The van der Waals surface area contributed by atoms with Crippen molar-refractivity contribution in [3.63, 3.8) is 0 Å². The van der Waals surface area contributed by atoms with Crippen molar-refractivity contribution in [2.75, 3.05) is 10.7 Å². The van der Waals surface area contributed by atoms with E-state index in [0.29, 0.717) is 17.0 Å². The first-order valence-electron chi connectivity index (χ1n) is 8.83. The number of carbonyl (C=O) groups excluding carboxylic acids is 2. The molecular weight excluding hydrogens is 398 g/mol. The van der Waals surface area contributed by atoms with Crippen LogP contribution in [0.25, 0.3) is 0 Å². The summed E-state index contributed by atoms with van der Waals surface area (Å²) in [4.78, 5) is 27.2. The first kappa shape index (κ1) is 19.2. The number of halogens is 2. The van der Waals surface area contributed by atoms with E-state index in [1.54, 1.807) is 30.3 Å². The van der Waals surface area contributed by atoms with Gasteiger partial charge in [0.1, 0.15) is 17.4 Å². The van der Waals surface area contributed by atoms with Gasteiger partial charge in [-0.15, -0.1) is 11.8 Å². The summed E-state index contributed by atoms with van der Waals surface area (Å²) in [6.45, 7) is 0.113. The molecule has 4 rings (SSSR count). The lowest BCUT2D eigenvalue weighted by Crippen LogP contribution is -2.35. The molecule has 0 fully saturated rings. The summed E-state index contributed by atoms with van der Waals surface area (Å²) in [6, 6.07) is 11.6. The SMILES string of the molecule is O=C(NCc1ccco1)c1ccc2c(c1)N(Cc1cc(F)ccc1F)C(=O)CS2. The van der Waals surface area contributed by atoms with Gasteiger partial charge in [-0.2, -0.15) is 0 Å². The Bertz CT molecular complexity index is 1070. The van der Waals surface area contributed by atoms with Gasteiger partial charge >= 0.3 is 0 Å². The molecule has 1 aliphatic heterocycles. The van der Waals surface area contributed by atoms with E-state index in [1.165, 1.54) is 22.9 Å². The van der Waals surface area contributed by atoms with E-state index >= 15 is 0 Å². The Morgan fingerprint density at radius 2 is 2.03 bits per heavy atom. The third-order valence-electron chi connectivity index (χ3n) is 4.50. The Hall–Kier alpha value is -3.13. The maximum Gasteiger partial charge on any atom is 0.251 e. The van der Waals surface area contributed by atoms with E-state index < -0.39 is 11.6 Å². The Kier molecular flexibility index (Phi) is 5.35. The van der Waals surface area contributed by atoms with Crippen LogP contribution >= 0.6 is 11.8 Å². The molecule has 2 amide bonds. The van der Waals surface area contributed by atoms with Crippen LogP contribution in [0, 0.1) is 11.6 Å². The van der Waals surface area contributed by atoms with Crippen LogP contribution in [0.4, 0.5) is 14.5 Å². The summed E-state index contributed by atoms with van der Waals surface area (Å²) in [5.41, 5.74) is 0.930. The van der Waals surface area contributed by atoms with Crippen LogP contribution in [-0.4, -0.2) is 17.6 Å². The number of fused-ring (bicyclic) bond motifs is 1. The van der Waals surface area contributed by atoms with Crippen LogP contribution in [0.3, 0.4) is 0 Å². The van der Waals surface area contributed by atoms with Crippen molar-refractivity contribution in [1.29, 1.82) is 0 Å². The number of benzene rings is 2. The normalized spacial score (nSPS) is 13.3. The number of hydrogen-bond acceptors (Lipinski definition) is 4. The first-order valence-corrected chi connectivity index (χ1v) is 9.81. The number of nitrogens with one attached hydrogen (secondary N) is 1. The molecular formula is C21H16F2N2O3S. The largest absolute Gasteiger partial charge is 0.467 e. The molecule has 8 heteroatoms. The number of nitrogens with zero attached hydrogens (tertiary/aromatic N) is 1. The highest BCUT2D eigenvalue weighted by molar-refractivity contribution is 8.00. The summed E-state index contributed by atoms with van der Waals surface area (Å²) < 4.78 is 32.8. The maximum atomic E-state index is 14.1. The molecule has 2 aromatic carbocycles. The second-order valence-electron chi connectivity index (χ2n) is 6.45. The van der Waals surface area contributed by atoms with Gasteiger partial charge in [0.05, 0.1) is 30.8 Å². The van der Waals surface area contributed by atoms with Crippen molar-refractivity contribution in [1.82, 2.24) is 5.32 Å². The standard InChI is InChI=1S/C21H16F2N2O3S/c22-15-4-5-17(23)14(8-15)11-25-18-9-13(3-6-19(18)29-12-20(25)26)21(27)24-10-16-2-1-7-28-16/h1-9H,10-12H2,(H,24,27). The number of thioether (sulfide) groups is 1. The predicted molar refractivity (Wildman–Crippen MR) is 105 cm³/mol. The van der Waals surface area contributed by atoms with E-state index in [2.05, 4.69) is 5.32 Å². The van der Waals surface area contributed by atoms with Gasteiger partial charge in [-0.3, -0.25) is 9.59 Å².